The first-order valence-corrected chi connectivity index (χ1v) is 8.64. The van der Waals surface area contributed by atoms with Gasteiger partial charge < -0.3 is 4.90 Å². The number of hydrogen-bond donors (Lipinski definition) is 0. The van der Waals surface area contributed by atoms with Crippen LogP contribution in [0.5, 0.6) is 0 Å². The van der Waals surface area contributed by atoms with E-state index in [0.29, 0.717) is 31.1 Å². The van der Waals surface area contributed by atoms with Crippen LogP contribution >= 0.6 is 0 Å². The Morgan fingerprint density at radius 2 is 1.63 bits per heavy atom. The van der Waals surface area contributed by atoms with Crippen LogP contribution in [0.2, 0.25) is 0 Å². The summed E-state index contributed by atoms with van der Waals surface area (Å²) in [4.78, 5) is 14.0. The lowest BCUT2D eigenvalue weighted by atomic mass is 9.90. The third-order valence-corrected chi connectivity index (χ3v) is 4.86. The summed E-state index contributed by atoms with van der Waals surface area (Å²) in [5, 5.41) is 0. The molecule has 27 heavy (non-hydrogen) atoms. The lowest BCUT2D eigenvalue weighted by molar-refractivity contribution is -0.140. The maximum absolute atomic E-state index is 13.7. The molecule has 1 saturated heterocycles. The van der Waals surface area contributed by atoms with Gasteiger partial charge in [0.05, 0.1) is 5.56 Å². The minimum atomic E-state index is -4.79. The summed E-state index contributed by atoms with van der Waals surface area (Å²) >= 11 is 0. The molecule has 0 aromatic heterocycles. The number of nitrogens with zero attached hydrogens (tertiary/aromatic N) is 1. The quantitative estimate of drug-likeness (QED) is 0.677. The second-order valence-electron chi connectivity index (χ2n) is 6.76. The van der Waals surface area contributed by atoms with Gasteiger partial charge in [-0.1, -0.05) is 12.1 Å². The molecule has 1 fully saturated rings. The Bertz CT molecular complexity index is 808. The Labute approximate surface area is 153 Å². The molecule has 7 heteroatoms. The van der Waals surface area contributed by atoms with E-state index in [2.05, 4.69) is 0 Å². The molecule has 2 aromatic carbocycles. The molecule has 0 bridgehead atoms. The maximum Gasteiger partial charge on any atom is 0.419 e. The number of amides is 1. The maximum atomic E-state index is 13.7. The van der Waals surface area contributed by atoms with Crippen molar-refractivity contribution in [3.05, 3.63) is 70.8 Å². The van der Waals surface area contributed by atoms with Crippen LogP contribution in [0.3, 0.4) is 0 Å². The molecule has 1 amide bonds. The van der Waals surface area contributed by atoms with Crippen LogP contribution in [0.4, 0.5) is 22.0 Å². The van der Waals surface area contributed by atoms with Crippen LogP contribution in [0.25, 0.3) is 0 Å². The molecular formula is C20H18F5NO. The predicted molar refractivity (Wildman–Crippen MR) is 90.1 cm³/mol. The number of carbonyl (C=O) groups excluding carboxylic acids is 1. The van der Waals surface area contributed by atoms with E-state index in [1.807, 2.05) is 0 Å². The molecule has 2 nitrogen and oxygen atoms in total. The predicted octanol–water partition coefficient (Wildman–Crippen LogP) is 5.08. The average Bonchev–Trinajstić information content (AvgIpc) is 2.62. The number of hydrogen-bond acceptors (Lipinski definition) is 1. The summed E-state index contributed by atoms with van der Waals surface area (Å²) < 4.78 is 64.5. The Morgan fingerprint density at radius 3 is 2.19 bits per heavy atom. The summed E-state index contributed by atoms with van der Waals surface area (Å²) in [7, 11) is 0. The smallest absolute Gasteiger partial charge is 0.339 e. The van der Waals surface area contributed by atoms with E-state index in [0.717, 1.165) is 30.9 Å². The molecule has 0 unspecified atom stereocenters. The number of halogens is 5. The summed E-state index contributed by atoms with van der Waals surface area (Å²) in [5.41, 5.74) is -0.444. The molecule has 0 N–H and O–H groups in total. The molecule has 0 atom stereocenters. The molecule has 0 spiro atoms. The Hall–Kier alpha value is -2.44. The molecule has 1 heterocycles. The van der Waals surface area contributed by atoms with Gasteiger partial charge in [0.15, 0.2) is 0 Å². The van der Waals surface area contributed by atoms with E-state index in [-0.39, 0.29) is 11.4 Å². The van der Waals surface area contributed by atoms with E-state index in [4.69, 9.17) is 0 Å². The highest BCUT2D eigenvalue weighted by atomic mass is 19.4. The fourth-order valence-electron chi connectivity index (χ4n) is 3.35. The monoisotopic (exact) mass is 383 g/mol. The van der Waals surface area contributed by atoms with Gasteiger partial charge in [0, 0.05) is 18.7 Å². The zero-order chi connectivity index (χ0) is 19.6. The standard InChI is InChI=1S/C20H18F5NO/c21-16-4-1-13(2-5-16)11-14-7-9-26(10-8-14)19(27)15-3-6-17(18(22)12-15)20(23,24)25/h1-6,12,14H,7-11H2. The van der Waals surface area contributed by atoms with E-state index in [9.17, 15) is 26.7 Å². The topological polar surface area (TPSA) is 20.3 Å². The zero-order valence-corrected chi connectivity index (χ0v) is 14.4. The lowest BCUT2D eigenvalue weighted by Crippen LogP contribution is -2.39. The summed E-state index contributed by atoms with van der Waals surface area (Å²) in [6.45, 7) is 0.903. The van der Waals surface area contributed by atoms with Gasteiger partial charge in [0.25, 0.3) is 5.91 Å². The number of carbonyl (C=O) groups is 1. The molecular weight excluding hydrogens is 365 g/mol. The van der Waals surface area contributed by atoms with Crippen LogP contribution in [0.15, 0.2) is 42.5 Å². The van der Waals surface area contributed by atoms with Crippen molar-refractivity contribution in [3.63, 3.8) is 0 Å². The fraction of sp³-hybridized carbons (Fsp3) is 0.350. The number of benzene rings is 2. The van der Waals surface area contributed by atoms with E-state index < -0.39 is 23.5 Å². The van der Waals surface area contributed by atoms with Crippen molar-refractivity contribution in [2.24, 2.45) is 5.92 Å². The first-order chi connectivity index (χ1) is 12.7. The molecule has 144 valence electrons. The first kappa shape index (κ1) is 19.3. The van der Waals surface area contributed by atoms with Gasteiger partial charge >= 0.3 is 6.18 Å². The Balaban J connectivity index is 1.60. The van der Waals surface area contributed by atoms with Crippen LogP contribution in [0.1, 0.15) is 34.3 Å². The average molecular weight is 383 g/mol. The molecule has 0 aliphatic carbocycles. The highest BCUT2D eigenvalue weighted by Crippen LogP contribution is 2.32. The zero-order valence-electron chi connectivity index (χ0n) is 14.4. The van der Waals surface area contributed by atoms with Gasteiger partial charge in [-0.3, -0.25) is 4.79 Å². The number of rotatable bonds is 3. The summed E-state index contributed by atoms with van der Waals surface area (Å²) in [6.07, 6.45) is -2.56. The van der Waals surface area contributed by atoms with Crippen molar-refractivity contribution in [1.82, 2.24) is 4.90 Å². The molecule has 3 rings (SSSR count). The minimum Gasteiger partial charge on any atom is -0.339 e. The number of likely N-dealkylation sites (tertiary alicyclic amines) is 1. The van der Waals surface area contributed by atoms with E-state index in [1.54, 1.807) is 12.1 Å². The van der Waals surface area contributed by atoms with Crippen molar-refractivity contribution in [1.29, 1.82) is 0 Å². The second kappa shape index (κ2) is 7.66. The number of alkyl halides is 3. The van der Waals surface area contributed by atoms with Gasteiger partial charge in [-0.25, -0.2) is 8.78 Å². The van der Waals surface area contributed by atoms with Crippen LogP contribution in [-0.4, -0.2) is 23.9 Å². The largest absolute Gasteiger partial charge is 0.419 e. The number of piperidine rings is 1. The van der Waals surface area contributed by atoms with E-state index in [1.165, 1.54) is 17.0 Å². The van der Waals surface area contributed by atoms with Gasteiger partial charge in [0.1, 0.15) is 11.6 Å². The molecule has 0 radical (unpaired) electrons. The third-order valence-electron chi connectivity index (χ3n) is 4.86. The van der Waals surface area contributed by atoms with E-state index >= 15 is 0 Å². The first-order valence-electron chi connectivity index (χ1n) is 8.64. The normalized spacial score (nSPS) is 15.8. The molecule has 1 aliphatic rings. The van der Waals surface area contributed by atoms with Crippen molar-refractivity contribution in [3.8, 4) is 0 Å². The Kier molecular flexibility index (Phi) is 5.48. The lowest BCUT2D eigenvalue weighted by Gasteiger charge is -2.32. The van der Waals surface area contributed by atoms with Crippen LogP contribution in [-0.2, 0) is 12.6 Å². The van der Waals surface area contributed by atoms with Gasteiger partial charge in [-0.15, -0.1) is 0 Å². The Morgan fingerprint density at radius 1 is 1.00 bits per heavy atom. The van der Waals surface area contributed by atoms with Crippen LogP contribution < -0.4 is 0 Å². The van der Waals surface area contributed by atoms with Gasteiger partial charge in [-0.05, 0) is 61.1 Å². The summed E-state index contributed by atoms with van der Waals surface area (Å²) in [6, 6.07) is 8.55. The summed E-state index contributed by atoms with van der Waals surface area (Å²) in [5.74, 6) is -1.87. The van der Waals surface area contributed by atoms with Crippen molar-refractivity contribution < 1.29 is 26.7 Å². The second-order valence-corrected chi connectivity index (χ2v) is 6.76. The minimum absolute atomic E-state index is 0.0857. The third kappa shape index (κ3) is 4.64. The van der Waals surface area contributed by atoms with Gasteiger partial charge in [0.2, 0.25) is 0 Å². The molecule has 0 saturated carbocycles. The molecule has 1 aliphatic heterocycles. The fourth-order valence-corrected chi connectivity index (χ4v) is 3.35. The highest BCUT2D eigenvalue weighted by molar-refractivity contribution is 5.94. The SMILES string of the molecule is O=C(c1ccc(C(F)(F)F)c(F)c1)N1CCC(Cc2ccc(F)cc2)CC1. The molecule has 2 aromatic rings. The van der Waals surface area contributed by atoms with Crippen molar-refractivity contribution in [2.75, 3.05) is 13.1 Å². The van der Waals surface area contributed by atoms with Crippen molar-refractivity contribution >= 4 is 5.91 Å². The van der Waals surface area contributed by atoms with Gasteiger partial charge in [-0.2, -0.15) is 13.2 Å². The highest BCUT2D eigenvalue weighted by Gasteiger charge is 2.34. The van der Waals surface area contributed by atoms with Crippen LogP contribution in [0, 0.1) is 17.6 Å². The van der Waals surface area contributed by atoms with Crippen molar-refractivity contribution in [2.45, 2.75) is 25.4 Å².